The van der Waals surface area contributed by atoms with Crippen LogP contribution in [0.15, 0.2) is 0 Å². The summed E-state index contributed by atoms with van der Waals surface area (Å²) < 4.78 is 0. The lowest BCUT2D eigenvalue weighted by Gasteiger charge is -2.44. The average Bonchev–Trinajstić information content (AvgIpc) is 2.03. The summed E-state index contributed by atoms with van der Waals surface area (Å²) in [5.74, 6) is 3.56. The van der Waals surface area contributed by atoms with Crippen LogP contribution in [0.3, 0.4) is 0 Å². The van der Waals surface area contributed by atoms with E-state index in [1.807, 2.05) is 0 Å². The zero-order chi connectivity index (χ0) is 8.27. The number of hydrogen-bond donors (Lipinski definition) is 0. The van der Waals surface area contributed by atoms with Crippen LogP contribution in [0.4, 0.5) is 0 Å². The molecular weight excluding hydrogens is 134 g/mol. The van der Waals surface area contributed by atoms with E-state index in [9.17, 15) is 0 Å². The fraction of sp³-hybridized carbons (Fsp3) is 0.800. The van der Waals surface area contributed by atoms with E-state index in [1.54, 1.807) is 0 Å². The molecule has 0 bridgehead atoms. The van der Waals surface area contributed by atoms with Gasteiger partial charge in [-0.25, -0.2) is 0 Å². The Hall–Kier alpha value is -0.480. The molecule has 0 aromatic heterocycles. The van der Waals surface area contributed by atoms with Crippen LogP contribution in [-0.4, -0.2) is 24.0 Å². The van der Waals surface area contributed by atoms with Crippen molar-refractivity contribution in [2.45, 2.75) is 32.7 Å². The molecule has 0 N–H and O–H groups in total. The Labute approximate surface area is 69.8 Å². The number of hydrogen-bond acceptors (Lipinski definition) is 1. The molecule has 1 saturated heterocycles. The molecule has 1 aliphatic rings. The zero-order valence-electron chi connectivity index (χ0n) is 7.51. The topological polar surface area (TPSA) is 3.24 Å². The van der Waals surface area contributed by atoms with Gasteiger partial charge in [-0.05, 0) is 25.8 Å². The monoisotopic (exact) mass is 151 g/mol. The summed E-state index contributed by atoms with van der Waals surface area (Å²) in [5, 5.41) is 0. The van der Waals surface area contributed by atoms with Crippen LogP contribution in [0.25, 0.3) is 0 Å². The minimum absolute atomic E-state index is 0.785. The van der Waals surface area contributed by atoms with Gasteiger partial charge in [0, 0.05) is 19.0 Å². The lowest BCUT2D eigenvalue weighted by Crippen LogP contribution is -2.53. The molecule has 62 valence electrons. The van der Waals surface area contributed by atoms with Gasteiger partial charge >= 0.3 is 0 Å². The summed E-state index contributed by atoms with van der Waals surface area (Å²) in [7, 11) is 0. The van der Waals surface area contributed by atoms with Crippen LogP contribution in [0.5, 0.6) is 0 Å². The zero-order valence-corrected chi connectivity index (χ0v) is 7.51. The highest BCUT2D eigenvalue weighted by Gasteiger charge is 2.30. The maximum atomic E-state index is 5.17. The first-order valence-electron chi connectivity index (χ1n) is 4.43. The summed E-state index contributed by atoms with van der Waals surface area (Å²) in [6.45, 7) is 7.06. The summed E-state index contributed by atoms with van der Waals surface area (Å²) in [4.78, 5) is 2.50. The molecule has 0 saturated carbocycles. The Balaban J connectivity index is 2.06. The lowest BCUT2D eigenvalue weighted by atomic mass is 9.92. The van der Waals surface area contributed by atoms with E-state index < -0.39 is 0 Å². The van der Waals surface area contributed by atoms with Gasteiger partial charge in [-0.1, -0.05) is 6.92 Å². The van der Waals surface area contributed by atoms with E-state index in [-0.39, 0.29) is 0 Å². The van der Waals surface area contributed by atoms with Gasteiger partial charge in [-0.2, -0.15) is 0 Å². The molecule has 0 spiro atoms. The van der Waals surface area contributed by atoms with E-state index >= 15 is 0 Å². The van der Waals surface area contributed by atoms with Crippen LogP contribution in [-0.2, 0) is 0 Å². The van der Waals surface area contributed by atoms with Crippen molar-refractivity contribution in [3.05, 3.63) is 0 Å². The quantitative estimate of drug-likeness (QED) is 0.438. The maximum absolute atomic E-state index is 5.17. The minimum atomic E-state index is 0.785. The van der Waals surface area contributed by atoms with Gasteiger partial charge in [-0.15, -0.1) is 12.3 Å². The Kier molecular flexibility index (Phi) is 2.96. The van der Waals surface area contributed by atoms with Gasteiger partial charge in [0.25, 0.3) is 0 Å². The molecule has 1 heteroatoms. The molecule has 0 radical (unpaired) electrons. The van der Waals surface area contributed by atoms with Gasteiger partial charge in [0.15, 0.2) is 0 Å². The Morgan fingerprint density at radius 2 is 2.27 bits per heavy atom. The van der Waals surface area contributed by atoms with Crippen LogP contribution in [0.2, 0.25) is 0 Å². The number of likely N-dealkylation sites (tertiary alicyclic amines) is 1. The van der Waals surface area contributed by atoms with E-state index in [0.717, 1.165) is 24.8 Å². The SMILES string of the molecule is C#CCCCN1CC(C)C1C. The van der Waals surface area contributed by atoms with Gasteiger partial charge in [0.05, 0.1) is 0 Å². The van der Waals surface area contributed by atoms with Crippen molar-refractivity contribution in [1.82, 2.24) is 4.90 Å². The molecule has 1 nitrogen and oxygen atoms in total. The Morgan fingerprint density at radius 3 is 2.73 bits per heavy atom. The third-order valence-electron chi connectivity index (χ3n) is 2.69. The summed E-state index contributed by atoms with van der Waals surface area (Å²) in [6, 6.07) is 0.785. The first-order chi connectivity index (χ1) is 5.25. The van der Waals surface area contributed by atoms with E-state index in [0.29, 0.717) is 0 Å². The molecule has 0 amide bonds. The van der Waals surface area contributed by atoms with E-state index in [4.69, 9.17) is 6.42 Å². The van der Waals surface area contributed by atoms with Crippen LogP contribution in [0.1, 0.15) is 26.7 Å². The predicted octanol–water partition coefficient (Wildman–Crippen LogP) is 1.74. The number of terminal acetylenes is 1. The molecule has 11 heavy (non-hydrogen) atoms. The van der Waals surface area contributed by atoms with Crippen molar-refractivity contribution in [2.24, 2.45) is 5.92 Å². The Bertz CT molecular complexity index is 157. The Morgan fingerprint density at radius 1 is 1.55 bits per heavy atom. The maximum Gasteiger partial charge on any atom is 0.0105 e. The highest BCUT2D eigenvalue weighted by atomic mass is 15.2. The highest BCUT2D eigenvalue weighted by Crippen LogP contribution is 2.23. The normalized spacial score (nSPS) is 31.0. The molecule has 2 unspecified atom stereocenters. The number of nitrogens with zero attached hydrogens (tertiary/aromatic N) is 1. The smallest absolute Gasteiger partial charge is 0.0105 e. The molecule has 1 aliphatic heterocycles. The molecule has 0 aromatic carbocycles. The number of rotatable bonds is 3. The van der Waals surface area contributed by atoms with Gasteiger partial charge in [0.2, 0.25) is 0 Å². The van der Waals surface area contributed by atoms with Crippen molar-refractivity contribution in [2.75, 3.05) is 13.1 Å². The molecule has 1 fully saturated rings. The summed E-state index contributed by atoms with van der Waals surface area (Å²) >= 11 is 0. The molecule has 0 aliphatic carbocycles. The second-order valence-corrected chi connectivity index (χ2v) is 3.52. The fourth-order valence-corrected chi connectivity index (χ4v) is 1.59. The second kappa shape index (κ2) is 3.78. The first kappa shape index (κ1) is 8.62. The number of unbranched alkanes of at least 4 members (excludes halogenated alkanes) is 1. The van der Waals surface area contributed by atoms with Crippen molar-refractivity contribution < 1.29 is 0 Å². The van der Waals surface area contributed by atoms with E-state index in [1.165, 1.54) is 13.1 Å². The minimum Gasteiger partial charge on any atom is -0.300 e. The van der Waals surface area contributed by atoms with Crippen LogP contribution < -0.4 is 0 Å². The van der Waals surface area contributed by atoms with Crippen molar-refractivity contribution in [3.8, 4) is 12.3 Å². The van der Waals surface area contributed by atoms with Gasteiger partial charge in [0.1, 0.15) is 0 Å². The molecular formula is C10H17N. The predicted molar refractivity (Wildman–Crippen MR) is 48.3 cm³/mol. The van der Waals surface area contributed by atoms with Gasteiger partial charge < -0.3 is 0 Å². The van der Waals surface area contributed by atoms with Gasteiger partial charge in [-0.3, -0.25) is 4.90 Å². The van der Waals surface area contributed by atoms with E-state index in [2.05, 4.69) is 24.7 Å². The molecule has 2 atom stereocenters. The molecule has 0 aromatic rings. The summed E-state index contributed by atoms with van der Waals surface area (Å²) in [6.07, 6.45) is 7.26. The second-order valence-electron chi connectivity index (χ2n) is 3.52. The lowest BCUT2D eigenvalue weighted by molar-refractivity contribution is 0.0380. The van der Waals surface area contributed by atoms with Crippen molar-refractivity contribution in [3.63, 3.8) is 0 Å². The average molecular weight is 151 g/mol. The van der Waals surface area contributed by atoms with Crippen molar-refractivity contribution >= 4 is 0 Å². The fourth-order valence-electron chi connectivity index (χ4n) is 1.59. The third-order valence-corrected chi connectivity index (χ3v) is 2.69. The summed E-state index contributed by atoms with van der Waals surface area (Å²) in [5.41, 5.74) is 0. The molecule has 1 rings (SSSR count). The van der Waals surface area contributed by atoms with Crippen LogP contribution in [0, 0.1) is 18.3 Å². The third kappa shape index (κ3) is 1.97. The largest absolute Gasteiger partial charge is 0.300 e. The standard InChI is InChI=1S/C10H17N/c1-4-5-6-7-11-8-9(2)10(11)3/h1,9-10H,5-8H2,2-3H3. The highest BCUT2D eigenvalue weighted by molar-refractivity contribution is 4.88. The molecule has 1 heterocycles. The van der Waals surface area contributed by atoms with Crippen LogP contribution >= 0.6 is 0 Å². The first-order valence-corrected chi connectivity index (χ1v) is 4.43. The van der Waals surface area contributed by atoms with Crippen molar-refractivity contribution in [1.29, 1.82) is 0 Å².